The Kier molecular flexibility index (Phi) is 5.20. The van der Waals surface area contributed by atoms with Crippen LogP contribution in [0.15, 0.2) is 47.4 Å². The second kappa shape index (κ2) is 7.53. The Morgan fingerprint density at radius 3 is 2.79 bits per heavy atom. The van der Waals surface area contributed by atoms with E-state index in [1.165, 1.54) is 6.07 Å². The molecular weight excluding hydrogens is 336 g/mol. The number of benzene rings is 2. The third kappa shape index (κ3) is 4.17. The third-order valence-electron chi connectivity index (χ3n) is 3.35. The van der Waals surface area contributed by atoms with E-state index in [2.05, 4.69) is 5.32 Å². The van der Waals surface area contributed by atoms with Crippen LogP contribution in [0.1, 0.15) is 0 Å². The van der Waals surface area contributed by atoms with Gasteiger partial charge in [0.05, 0.1) is 12.3 Å². The minimum atomic E-state index is -0.673. The minimum Gasteiger partial charge on any atom is -0.486 e. The first-order valence-corrected chi connectivity index (χ1v) is 8.33. The van der Waals surface area contributed by atoms with Gasteiger partial charge in [0.25, 0.3) is 0 Å². The molecule has 0 radical (unpaired) electrons. The highest BCUT2D eigenvalue weighted by Gasteiger charge is 2.21. The molecule has 2 aromatic rings. The molecule has 0 saturated heterocycles. The zero-order valence-corrected chi connectivity index (χ0v) is 13.4. The lowest BCUT2D eigenvalue weighted by molar-refractivity contribution is -0.119. The highest BCUT2D eigenvalue weighted by Crippen LogP contribution is 2.30. The molecule has 0 fully saturated rings. The SMILES string of the molecule is O=C(CSc1ccc(F)cc1F)NC[C@H]1COc2ccccc2O1. The lowest BCUT2D eigenvalue weighted by Crippen LogP contribution is -2.41. The van der Waals surface area contributed by atoms with E-state index in [0.717, 1.165) is 23.9 Å². The van der Waals surface area contributed by atoms with Crippen molar-refractivity contribution in [3.8, 4) is 11.5 Å². The van der Waals surface area contributed by atoms with E-state index in [-0.39, 0.29) is 22.7 Å². The van der Waals surface area contributed by atoms with Gasteiger partial charge in [-0.05, 0) is 24.3 Å². The topological polar surface area (TPSA) is 47.6 Å². The van der Waals surface area contributed by atoms with Gasteiger partial charge < -0.3 is 14.8 Å². The molecule has 1 aliphatic rings. The Labute approximate surface area is 142 Å². The van der Waals surface area contributed by atoms with Crippen molar-refractivity contribution < 1.29 is 23.0 Å². The normalized spacial score (nSPS) is 15.8. The maximum Gasteiger partial charge on any atom is 0.230 e. The van der Waals surface area contributed by atoms with Crippen molar-refractivity contribution in [2.45, 2.75) is 11.0 Å². The van der Waals surface area contributed by atoms with Gasteiger partial charge in [-0.3, -0.25) is 4.79 Å². The number of rotatable bonds is 5. The smallest absolute Gasteiger partial charge is 0.230 e. The number of amides is 1. The summed E-state index contributed by atoms with van der Waals surface area (Å²) in [6.07, 6.45) is -0.281. The van der Waals surface area contributed by atoms with E-state index in [0.29, 0.717) is 24.7 Å². The first-order valence-electron chi connectivity index (χ1n) is 7.35. The third-order valence-corrected chi connectivity index (χ3v) is 4.40. The summed E-state index contributed by atoms with van der Waals surface area (Å²) in [5, 5.41) is 2.72. The maximum absolute atomic E-state index is 13.5. The standard InChI is InChI=1S/C17H15F2NO3S/c18-11-5-6-16(13(19)7-11)24-10-17(21)20-8-12-9-22-14-3-1-2-4-15(14)23-12/h1-7,12H,8-10H2,(H,20,21)/t12-/m0/s1. The molecule has 1 atom stereocenters. The molecule has 2 aromatic carbocycles. The molecule has 126 valence electrons. The molecule has 0 unspecified atom stereocenters. The van der Waals surface area contributed by atoms with Crippen LogP contribution >= 0.6 is 11.8 Å². The van der Waals surface area contributed by atoms with E-state index in [9.17, 15) is 13.6 Å². The molecule has 24 heavy (non-hydrogen) atoms. The largest absolute Gasteiger partial charge is 0.486 e. The van der Waals surface area contributed by atoms with Crippen LogP contribution in [-0.4, -0.2) is 30.9 Å². The lowest BCUT2D eigenvalue weighted by atomic mass is 10.2. The van der Waals surface area contributed by atoms with Crippen LogP contribution in [0.5, 0.6) is 11.5 Å². The quantitative estimate of drug-likeness (QED) is 0.842. The van der Waals surface area contributed by atoms with Crippen molar-refractivity contribution in [3.63, 3.8) is 0 Å². The van der Waals surface area contributed by atoms with E-state index < -0.39 is 11.6 Å². The van der Waals surface area contributed by atoms with Crippen LogP contribution in [0.3, 0.4) is 0 Å². The van der Waals surface area contributed by atoms with Gasteiger partial charge in [-0.2, -0.15) is 0 Å². The van der Waals surface area contributed by atoms with Gasteiger partial charge in [0.15, 0.2) is 11.5 Å². The van der Waals surface area contributed by atoms with Gasteiger partial charge >= 0.3 is 0 Å². The molecule has 0 saturated carbocycles. The number of hydrogen-bond acceptors (Lipinski definition) is 4. The van der Waals surface area contributed by atoms with Gasteiger partial charge in [0.1, 0.15) is 24.3 Å². The first-order chi connectivity index (χ1) is 11.6. The summed E-state index contributed by atoms with van der Waals surface area (Å²) in [5.41, 5.74) is 0. The number of hydrogen-bond donors (Lipinski definition) is 1. The summed E-state index contributed by atoms with van der Waals surface area (Å²) >= 11 is 1.01. The molecule has 1 aliphatic heterocycles. The summed E-state index contributed by atoms with van der Waals surface area (Å²) < 4.78 is 37.6. The van der Waals surface area contributed by atoms with Crippen LogP contribution in [-0.2, 0) is 4.79 Å². The van der Waals surface area contributed by atoms with Crippen molar-refractivity contribution >= 4 is 17.7 Å². The molecule has 3 rings (SSSR count). The molecule has 1 heterocycles. The molecule has 1 N–H and O–H groups in total. The molecule has 0 bridgehead atoms. The van der Waals surface area contributed by atoms with Crippen molar-refractivity contribution in [1.82, 2.24) is 5.32 Å². The fraction of sp³-hybridized carbons (Fsp3) is 0.235. The van der Waals surface area contributed by atoms with Gasteiger partial charge in [0.2, 0.25) is 5.91 Å². The number of fused-ring (bicyclic) bond motifs is 1. The van der Waals surface area contributed by atoms with Gasteiger partial charge in [-0.15, -0.1) is 11.8 Å². The second-order valence-corrected chi connectivity index (χ2v) is 6.18. The monoisotopic (exact) mass is 351 g/mol. The average Bonchev–Trinajstić information content (AvgIpc) is 2.59. The molecule has 0 spiro atoms. The summed E-state index contributed by atoms with van der Waals surface area (Å²) in [4.78, 5) is 12.1. The summed E-state index contributed by atoms with van der Waals surface area (Å²) in [6, 6.07) is 10.6. The molecule has 1 amide bonds. The van der Waals surface area contributed by atoms with E-state index in [1.54, 1.807) is 6.07 Å². The Hall–Kier alpha value is -2.28. The highest BCUT2D eigenvalue weighted by atomic mass is 32.2. The van der Waals surface area contributed by atoms with Gasteiger partial charge in [0, 0.05) is 11.0 Å². The van der Waals surface area contributed by atoms with Crippen molar-refractivity contribution in [2.75, 3.05) is 18.9 Å². The van der Waals surface area contributed by atoms with Crippen molar-refractivity contribution in [2.24, 2.45) is 0 Å². The number of para-hydroxylation sites is 2. The average molecular weight is 351 g/mol. The van der Waals surface area contributed by atoms with E-state index in [1.807, 2.05) is 18.2 Å². The van der Waals surface area contributed by atoms with E-state index in [4.69, 9.17) is 9.47 Å². The predicted octanol–water partition coefficient (Wildman–Crippen LogP) is 3.01. The fourth-order valence-corrected chi connectivity index (χ4v) is 2.93. The number of carbonyl (C=O) groups is 1. The minimum absolute atomic E-state index is 0.0344. The highest BCUT2D eigenvalue weighted by molar-refractivity contribution is 8.00. The zero-order chi connectivity index (χ0) is 16.9. The van der Waals surface area contributed by atoms with Crippen LogP contribution in [0, 0.1) is 11.6 Å². The molecule has 7 heteroatoms. The van der Waals surface area contributed by atoms with Crippen molar-refractivity contribution in [1.29, 1.82) is 0 Å². The molecule has 4 nitrogen and oxygen atoms in total. The molecular formula is C17H15F2NO3S. The number of nitrogens with one attached hydrogen (secondary N) is 1. The van der Waals surface area contributed by atoms with Crippen LogP contribution in [0.2, 0.25) is 0 Å². The second-order valence-electron chi connectivity index (χ2n) is 5.17. The van der Waals surface area contributed by atoms with Crippen molar-refractivity contribution in [3.05, 3.63) is 54.1 Å². The number of carbonyl (C=O) groups excluding carboxylic acids is 1. The number of halogens is 2. The predicted molar refractivity (Wildman–Crippen MR) is 86.4 cm³/mol. The molecule has 0 aliphatic carbocycles. The van der Waals surface area contributed by atoms with Crippen LogP contribution in [0.4, 0.5) is 8.78 Å². The lowest BCUT2D eigenvalue weighted by Gasteiger charge is -2.26. The Morgan fingerprint density at radius 1 is 1.21 bits per heavy atom. The number of ether oxygens (including phenoxy) is 2. The maximum atomic E-state index is 13.5. The van der Waals surface area contributed by atoms with Crippen LogP contribution < -0.4 is 14.8 Å². The van der Waals surface area contributed by atoms with Gasteiger partial charge in [-0.25, -0.2) is 8.78 Å². The zero-order valence-electron chi connectivity index (χ0n) is 12.6. The number of thioether (sulfide) groups is 1. The summed E-state index contributed by atoms with van der Waals surface area (Å²) in [7, 11) is 0. The summed E-state index contributed by atoms with van der Waals surface area (Å²) in [5.74, 6) is -0.212. The fourth-order valence-electron chi connectivity index (χ4n) is 2.18. The Bertz CT molecular complexity index is 742. The van der Waals surface area contributed by atoms with Crippen LogP contribution in [0.25, 0.3) is 0 Å². The Morgan fingerprint density at radius 2 is 2.00 bits per heavy atom. The van der Waals surface area contributed by atoms with Gasteiger partial charge in [-0.1, -0.05) is 12.1 Å². The first kappa shape index (κ1) is 16.6. The molecule has 0 aromatic heterocycles. The van der Waals surface area contributed by atoms with E-state index >= 15 is 0 Å². The Balaban J connectivity index is 1.45. The summed E-state index contributed by atoms with van der Waals surface area (Å²) in [6.45, 7) is 0.636.